The average Bonchev–Trinajstić information content (AvgIpc) is 2.30. The minimum atomic E-state index is 0.175. The number of phenolic OH excluding ortho intramolecular Hbond substituents is 1. The molecule has 1 atom stereocenters. The maximum absolute atomic E-state index is 9.23. The normalized spacial score (nSPS) is 12.3. The molecule has 1 heterocycles. The Labute approximate surface area is 94.6 Å². The number of benzene rings is 1. The van der Waals surface area contributed by atoms with Gasteiger partial charge < -0.3 is 10.8 Å². The van der Waals surface area contributed by atoms with Gasteiger partial charge in [-0.2, -0.15) is 0 Å². The first-order chi connectivity index (χ1) is 7.68. The number of pyridine rings is 1. The summed E-state index contributed by atoms with van der Waals surface area (Å²) >= 11 is 0. The molecule has 0 spiro atoms. The van der Waals surface area contributed by atoms with E-state index < -0.39 is 0 Å². The smallest absolute Gasteiger partial charge is 0.127 e. The molecule has 0 aliphatic carbocycles. The Kier molecular flexibility index (Phi) is 2.77. The second-order valence-corrected chi connectivity index (χ2v) is 3.79. The van der Waals surface area contributed by atoms with E-state index >= 15 is 0 Å². The van der Waals surface area contributed by atoms with Crippen molar-refractivity contribution in [2.45, 2.75) is 12.8 Å². The quantitative estimate of drug-likeness (QED) is 0.807. The molecule has 1 aromatic carbocycles. The van der Waals surface area contributed by atoms with Crippen LogP contribution in [0.1, 0.15) is 24.0 Å². The number of nitrogen functional groups attached to an aromatic ring is 1. The van der Waals surface area contributed by atoms with Crippen molar-refractivity contribution in [2.24, 2.45) is 0 Å². The van der Waals surface area contributed by atoms with E-state index in [0.717, 1.165) is 11.1 Å². The molecule has 2 aromatic rings. The Morgan fingerprint density at radius 1 is 1.19 bits per heavy atom. The van der Waals surface area contributed by atoms with Crippen LogP contribution >= 0.6 is 0 Å². The van der Waals surface area contributed by atoms with E-state index in [1.165, 1.54) is 0 Å². The van der Waals surface area contributed by atoms with E-state index in [2.05, 4.69) is 11.9 Å². The molecule has 0 radical (unpaired) electrons. The average molecular weight is 214 g/mol. The number of anilines is 1. The van der Waals surface area contributed by atoms with Crippen molar-refractivity contribution in [3.05, 3.63) is 53.7 Å². The van der Waals surface area contributed by atoms with Crippen LogP contribution in [-0.2, 0) is 0 Å². The van der Waals surface area contributed by atoms with Crippen LogP contribution in [0, 0.1) is 0 Å². The third kappa shape index (κ3) is 1.98. The first kappa shape index (κ1) is 10.5. The number of aromatic hydroxyl groups is 1. The van der Waals surface area contributed by atoms with Crippen LogP contribution in [0.3, 0.4) is 0 Å². The molecule has 82 valence electrons. The third-order valence-electron chi connectivity index (χ3n) is 2.73. The fraction of sp³-hybridized carbons (Fsp3) is 0.154. The number of hydrogen-bond acceptors (Lipinski definition) is 3. The molecule has 3 N–H and O–H groups in total. The van der Waals surface area contributed by atoms with Gasteiger partial charge in [-0.3, -0.25) is 0 Å². The molecular formula is C13H14N2O. The van der Waals surface area contributed by atoms with Gasteiger partial charge in [0.2, 0.25) is 0 Å². The summed E-state index contributed by atoms with van der Waals surface area (Å²) in [5, 5.41) is 9.23. The number of nitrogens with zero attached hydrogens (tertiary/aromatic N) is 1. The summed E-state index contributed by atoms with van der Waals surface area (Å²) in [5.41, 5.74) is 7.94. The van der Waals surface area contributed by atoms with Crippen LogP contribution in [0.15, 0.2) is 42.6 Å². The predicted octanol–water partition coefficient (Wildman–Crippen LogP) is 2.52. The van der Waals surface area contributed by atoms with Gasteiger partial charge in [-0.1, -0.05) is 25.1 Å². The largest absolute Gasteiger partial charge is 0.508 e. The van der Waals surface area contributed by atoms with Gasteiger partial charge in [0, 0.05) is 17.7 Å². The zero-order valence-electron chi connectivity index (χ0n) is 9.09. The van der Waals surface area contributed by atoms with Crippen LogP contribution in [0.4, 0.5) is 5.82 Å². The molecule has 0 amide bonds. The Morgan fingerprint density at radius 2 is 1.88 bits per heavy atom. The molecule has 1 aromatic heterocycles. The van der Waals surface area contributed by atoms with E-state index in [-0.39, 0.29) is 11.7 Å². The Balaban J connectivity index is 2.35. The Bertz CT molecular complexity index is 480. The van der Waals surface area contributed by atoms with Crippen molar-refractivity contribution in [3.8, 4) is 5.75 Å². The van der Waals surface area contributed by atoms with Crippen LogP contribution < -0.4 is 5.73 Å². The number of phenols is 1. The number of hydrogen-bond donors (Lipinski definition) is 2. The highest BCUT2D eigenvalue weighted by molar-refractivity contribution is 5.46. The van der Waals surface area contributed by atoms with Gasteiger partial charge in [0.05, 0.1) is 0 Å². The lowest BCUT2D eigenvalue weighted by molar-refractivity contribution is 0.475. The first-order valence-electron chi connectivity index (χ1n) is 5.18. The summed E-state index contributed by atoms with van der Waals surface area (Å²) in [6.45, 7) is 2.07. The van der Waals surface area contributed by atoms with Crippen LogP contribution in [-0.4, -0.2) is 10.1 Å². The molecule has 0 aliphatic rings. The molecule has 3 nitrogen and oxygen atoms in total. The predicted molar refractivity (Wildman–Crippen MR) is 64.3 cm³/mol. The van der Waals surface area contributed by atoms with Gasteiger partial charge in [0.15, 0.2) is 0 Å². The molecule has 2 rings (SSSR count). The summed E-state index contributed by atoms with van der Waals surface area (Å²) in [7, 11) is 0. The van der Waals surface area contributed by atoms with Crippen LogP contribution in [0.5, 0.6) is 5.75 Å². The van der Waals surface area contributed by atoms with Crippen molar-refractivity contribution in [2.75, 3.05) is 5.73 Å². The molecule has 1 unspecified atom stereocenters. The highest BCUT2D eigenvalue weighted by Gasteiger charge is 2.11. The fourth-order valence-electron chi connectivity index (χ4n) is 1.74. The number of nitrogens with two attached hydrogens (primary N) is 1. The summed E-state index contributed by atoms with van der Waals surface area (Å²) in [6, 6.07) is 11.0. The van der Waals surface area contributed by atoms with Crippen LogP contribution in [0.2, 0.25) is 0 Å². The van der Waals surface area contributed by atoms with Gasteiger partial charge in [-0.05, 0) is 23.8 Å². The summed E-state index contributed by atoms with van der Waals surface area (Å²) < 4.78 is 0. The lowest BCUT2D eigenvalue weighted by Crippen LogP contribution is -2.02. The van der Waals surface area contributed by atoms with Gasteiger partial charge in [0.25, 0.3) is 0 Å². The SMILES string of the molecule is CC(c1ccc(O)cc1)c1cccnc1N. The number of rotatable bonds is 2. The summed E-state index contributed by atoms with van der Waals surface area (Å²) in [6.07, 6.45) is 1.68. The fourth-order valence-corrected chi connectivity index (χ4v) is 1.74. The zero-order valence-corrected chi connectivity index (χ0v) is 9.09. The highest BCUT2D eigenvalue weighted by Crippen LogP contribution is 2.27. The van der Waals surface area contributed by atoms with Crippen molar-refractivity contribution in [3.63, 3.8) is 0 Å². The number of aromatic nitrogens is 1. The Hall–Kier alpha value is -2.03. The summed E-state index contributed by atoms with van der Waals surface area (Å²) in [5.74, 6) is 1.01. The molecule has 0 bridgehead atoms. The molecule has 3 heteroatoms. The van der Waals surface area contributed by atoms with E-state index in [1.54, 1.807) is 18.3 Å². The van der Waals surface area contributed by atoms with Crippen molar-refractivity contribution < 1.29 is 5.11 Å². The second-order valence-electron chi connectivity index (χ2n) is 3.79. The van der Waals surface area contributed by atoms with Crippen LogP contribution in [0.25, 0.3) is 0 Å². The molecule has 16 heavy (non-hydrogen) atoms. The minimum Gasteiger partial charge on any atom is -0.508 e. The topological polar surface area (TPSA) is 59.1 Å². The van der Waals surface area contributed by atoms with Crippen molar-refractivity contribution in [1.82, 2.24) is 4.98 Å². The molecular weight excluding hydrogens is 200 g/mol. The van der Waals surface area contributed by atoms with Gasteiger partial charge in [-0.25, -0.2) is 4.98 Å². The van der Waals surface area contributed by atoms with Gasteiger partial charge in [0.1, 0.15) is 11.6 Å². The van der Waals surface area contributed by atoms with E-state index in [9.17, 15) is 5.11 Å². The van der Waals surface area contributed by atoms with Crippen molar-refractivity contribution >= 4 is 5.82 Å². The third-order valence-corrected chi connectivity index (χ3v) is 2.73. The second kappa shape index (κ2) is 4.23. The maximum atomic E-state index is 9.23. The standard InChI is InChI=1S/C13H14N2O/c1-9(10-4-6-11(16)7-5-10)12-3-2-8-15-13(12)14/h2-9,16H,1H3,(H2,14,15). The van der Waals surface area contributed by atoms with E-state index in [0.29, 0.717) is 5.82 Å². The van der Waals surface area contributed by atoms with E-state index in [1.807, 2.05) is 24.3 Å². The van der Waals surface area contributed by atoms with Gasteiger partial charge >= 0.3 is 0 Å². The molecule has 0 fully saturated rings. The van der Waals surface area contributed by atoms with Gasteiger partial charge in [-0.15, -0.1) is 0 Å². The monoisotopic (exact) mass is 214 g/mol. The zero-order chi connectivity index (χ0) is 11.5. The maximum Gasteiger partial charge on any atom is 0.127 e. The lowest BCUT2D eigenvalue weighted by Gasteiger charge is -2.13. The van der Waals surface area contributed by atoms with E-state index in [4.69, 9.17) is 5.73 Å². The molecule has 0 aliphatic heterocycles. The lowest BCUT2D eigenvalue weighted by atomic mass is 9.93. The highest BCUT2D eigenvalue weighted by atomic mass is 16.3. The molecule has 0 saturated heterocycles. The minimum absolute atomic E-state index is 0.175. The first-order valence-corrected chi connectivity index (χ1v) is 5.18. The van der Waals surface area contributed by atoms with Crippen molar-refractivity contribution in [1.29, 1.82) is 0 Å². The Morgan fingerprint density at radius 3 is 2.50 bits per heavy atom. The summed E-state index contributed by atoms with van der Waals surface area (Å²) in [4.78, 5) is 4.07. The molecule has 0 saturated carbocycles.